The monoisotopic (exact) mass is 255 g/mol. The van der Waals surface area contributed by atoms with Crippen molar-refractivity contribution in [2.75, 3.05) is 13.1 Å². The Morgan fingerprint density at radius 3 is 2.82 bits per heavy atom. The molecule has 6 heteroatoms. The zero-order valence-electron chi connectivity index (χ0n) is 9.83. The summed E-state index contributed by atoms with van der Waals surface area (Å²) in [6.45, 7) is 2.80. The van der Waals surface area contributed by atoms with Gasteiger partial charge in [0.05, 0.1) is 0 Å². The van der Waals surface area contributed by atoms with Gasteiger partial charge in [0.2, 0.25) is 0 Å². The van der Waals surface area contributed by atoms with Gasteiger partial charge in [-0.3, -0.25) is 0 Å². The number of piperidine rings is 1. The summed E-state index contributed by atoms with van der Waals surface area (Å²) >= 11 is 0. The van der Waals surface area contributed by atoms with E-state index < -0.39 is 10.0 Å². The predicted molar refractivity (Wildman–Crippen MR) is 64.9 cm³/mol. The van der Waals surface area contributed by atoms with Gasteiger partial charge in [0.1, 0.15) is 0 Å². The van der Waals surface area contributed by atoms with Crippen LogP contribution >= 0.6 is 0 Å². The molecule has 0 bridgehead atoms. The predicted octanol–water partition coefficient (Wildman–Crippen LogP) is 0.502. The number of rotatable bonds is 2. The first-order valence-electron chi connectivity index (χ1n) is 5.68. The van der Waals surface area contributed by atoms with Gasteiger partial charge in [-0.1, -0.05) is 6.07 Å². The maximum Gasteiger partial charge on any atom is 0.260 e. The molecule has 17 heavy (non-hydrogen) atoms. The van der Waals surface area contributed by atoms with Crippen LogP contribution in [0.4, 0.5) is 0 Å². The third kappa shape index (κ3) is 2.65. The second-order valence-electron chi connectivity index (χ2n) is 4.44. The molecule has 1 aliphatic heterocycles. The fraction of sp³-hybridized carbons (Fsp3) is 0.545. The van der Waals surface area contributed by atoms with Crippen LogP contribution in [0.3, 0.4) is 0 Å². The number of aryl methyl sites for hydroxylation is 1. The van der Waals surface area contributed by atoms with E-state index in [2.05, 4.69) is 4.98 Å². The summed E-state index contributed by atoms with van der Waals surface area (Å²) in [7, 11) is -3.47. The Morgan fingerprint density at radius 2 is 2.24 bits per heavy atom. The van der Waals surface area contributed by atoms with Crippen molar-refractivity contribution >= 4 is 10.0 Å². The molecule has 1 saturated heterocycles. The van der Waals surface area contributed by atoms with Crippen LogP contribution in [0, 0.1) is 6.92 Å². The van der Waals surface area contributed by atoms with E-state index in [1.807, 2.05) is 6.92 Å². The summed E-state index contributed by atoms with van der Waals surface area (Å²) in [6.07, 6.45) is 3.26. The summed E-state index contributed by atoms with van der Waals surface area (Å²) in [4.78, 5) is 3.98. The van der Waals surface area contributed by atoms with Crippen LogP contribution < -0.4 is 5.73 Å². The van der Waals surface area contributed by atoms with E-state index in [9.17, 15) is 8.42 Å². The zero-order chi connectivity index (χ0) is 12.5. The van der Waals surface area contributed by atoms with Crippen molar-refractivity contribution in [3.8, 4) is 0 Å². The Hall–Kier alpha value is -0.980. The van der Waals surface area contributed by atoms with Crippen LogP contribution in [0.1, 0.15) is 18.4 Å². The van der Waals surface area contributed by atoms with Crippen molar-refractivity contribution in [3.63, 3.8) is 0 Å². The number of nitrogens with zero attached hydrogens (tertiary/aromatic N) is 2. The number of pyridine rings is 1. The number of nitrogens with two attached hydrogens (primary N) is 1. The molecule has 1 unspecified atom stereocenters. The first-order chi connectivity index (χ1) is 8.00. The molecule has 5 nitrogen and oxygen atoms in total. The van der Waals surface area contributed by atoms with Gasteiger partial charge < -0.3 is 5.73 Å². The lowest BCUT2D eigenvalue weighted by Crippen LogP contribution is -2.45. The van der Waals surface area contributed by atoms with Gasteiger partial charge in [-0.05, 0) is 31.4 Å². The Balaban J connectivity index is 2.26. The van der Waals surface area contributed by atoms with Gasteiger partial charge >= 0.3 is 0 Å². The SMILES string of the molecule is Cc1ccc(S(=O)(=O)N2CCCC(N)C2)nc1. The number of hydrogen-bond acceptors (Lipinski definition) is 4. The molecule has 0 saturated carbocycles. The third-order valence-electron chi connectivity index (χ3n) is 2.91. The highest BCUT2D eigenvalue weighted by Crippen LogP contribution is 2.18. The van der Waals surface area contributed by atoms with Crippen molar-refractivity contribution in [1.29, 1.82) is 0 Å². The molecule has 0 spiro atoms. The van der Waals surface area contributed by atoms with E-state index in [1.165, 1.54) is 4.31 Å². The van der Waals surface area contributed by atoms with E-state index in [0.29, 0.717) is 13.1 Å². The second kappa shape index (κ2) is 4.72. The Morgan fingerprint density at radius 1 is 1.47 bits per heavy atom. The van der Waals surface area contributed by atoms with E-state index in [4.69, 9.17) is 5.73 Å². The van der Waals surface area contributed by atoms with Crippen molar-refractivity contribution in [2.24, 2.45) is 5.73 Å². The highest BCUT2D eigenvalue weighted by Gasteiger charge is 2.29. The lowest BCUT2D eigenvalue weighted by atomic mass is 10.1. The standard InChI is InChI=1S/C11H17N3O2S/c1-9-4-5-11(13-7-9)17(15,16)14-6-2-3-10(12)8-14/h4-5,7,10H,2-3,6,8,12H2,1H3. The molecule has 2 rings (SSSR count). The normalized spacial score (nSPS) is 22.6. The topological polar surface area (TPSA) is 76.3 Å². The molecule has 1 atom stereocenters. The van der Waals surface area contributed by atoms with Gasteiger partial charge in [0, 0.05) is 25.3 Å². The summed E-state index contributed by atoms with van der Waals surface area (Å²) < 4.78 is 25.9. The lowest BCUT2D eigenvalue weighted by Gasteiger charge is -2.29. The quantitative estimate of drug-likeness (QED) is 0.835. The van der Waals surface area contributed by atoms with E-state index in [-0.39, 0.29) is 11.1 Å². The Kier molecular flexibility index (Phi) is 3.46. The highest BCUT2D eigenvalue weighted by molar-refractivity contribution is 7.89. The maximum atomic E-state index is 12.3. The average Bonchev–Trinajstić information content (AvgIpc) is 2.29. The fourth-order valence-electron chi connectivity index (χ4n) is 1.93. The summed E-state index contributed by atoms with van der Waals surface area (Å²) in [5.41, 5.74) is 6.74. The van der Waals surface area contributed by atoms with Gasteiger partial charge in [0.25, 0.3) is 10.0 Å². The first kappa shape index (κ1) is 12.5. The molecule has 94 valence electrons. The molecule has 2 N–H and O–H groups in total. The van der Waals surface area contributed by atoms with E-state index in [1.54, 1.807) is 18.3 Å². The van der Waals surface area contributed by atoms with Crippen LogP contribution in [-0.2, 0) is 10.0 Å². The molecule has 0 amide bonds. The van der Waals surface area contributed by atoms with Crippen molar-refractivity contribution in [1.82, 2.24) is 9.29 Å². The van der Waals surface area contributed by atoms with Crippen molar-refractivity contribution in [2.45, 2.75) is 30.8 Å². The van der Waals surface area contributed by atoms with E-state index in [0.717, 1.165) is 18.4 Å². The molecule has 1 aromatic rings. The molecule has 0 aliphatic carbocycles. The maximum absolute atomic E-state index is 12.3. The first-order valence-corrected chi connectivity index (χ1v) is 7.12. The van der Waals surface area contributed by atoms with E-state index >= 15 is 0 Å². The van der Waals surface area contributed by atoms with Crippen LogP contribution in [-0.4, -0.2) is 36.8 Å². The second-order valence-corrected chi connectivity index (χ2v) is 6.32. The van der Waals surface area contributed by atoms with Crippen LogP contribution in [0.25, 0.3) is 0 Å². The lowest BCUT2D eigenvalue weighted by molar-refractivity contribution is 0.315. The van der Waals surface area contributed by atoms with Crippen molar-refractivity contribution < 1.29 is 8.42 Å². The number of aromatic nitrogens is 1. The number of hydrogen-bond donors (Lipinski definition) is 1. The molecule has 1 fully saturated rings. The van der Waals surface area contributed by atoms with Crippen LogP contribution in [0.5, 0.6) is 0 Å². The minimum atomic E-state index is -3.47. The van der Waals surface area contributed by atoms with Gasteiger partial charge in [-0.2, -0.15) is 4.31 Å². The summed E-state index contributed by atoms with van der Waals surface area (Å²) in [6, 6.07) is 3.23. The molecular formula is C11H17N3O2S. The highest BCUT2D eigenvalue weighted by atomic mass is 32.2. The number of sulfonamides is 1. The smallest absolute Gasteiger partial charge is 0.260 e. The zero-order valence-corrected chi connectivity index (χ0v) is 10.7. The summed E-state index contributed by atoms with van der Waals surface area (Å²) in [5.74, 6) is 0. The molecule has 0 aromatic carbocycles. The minimum absolute atomic E-state index is 0.0658. The van der Waals surface area contributed by atoms with Gasteiger partial charge in [-0.25, -0.2) is 13.4 Å². The minimum Gasteiger partial charge on any atom is -0.327 e. The van der Waals surface area contributed by atoms with Gasteiger partial charge in [0.15, 0.2) is 5.03 Å². The molecule has 1 aliphatic rings. The Bertz CT molecular complexity index is 484. The molecular weight excluding hydrogens is 238 g/mol. The van der Waals surface area contributed by atoms with Crippen LogP contribution in [0.2, 0.25) is 0 Å². The molecule has 1 aromatic heterocycles. The van der Waals surface area contributed by atoms with Crippen LogP contribution in [0.15, 0.2) is 23.4 Å². The Labute approximate surface area is 102 Å². The summed E-state index contributed by atoms with van der Waals surface area (Å²) in [5, 5.41) is 0.109. The fourth-order valence-corrected chi connectivity index (χ4v) is 3.38. The largest absolute Gasteiger partial charge is 0.327 e. The molecule has 0 radical (unpaired) electrons. The van der Waals surface area contributed by atoms with Gasteiger partial charge in [-0.15, -0.1) is 0 Å². The molecule has 2 heterocycles. The third-order valence-corrected chi connectivity index (χ3v) is 4.69. The average molecular weight is 255 g/mol. The van der Waals surface area contributed by atoms with Crippen molar-refractivity contribution in [3.05, 3.63) is 23.9 Å².